The summed E-state index contributed by atoms with van der Waals surface area (Å²) in [7, 11) is 0. The quantitative estimate of drug-likeness (QED) is 0.734. The Hall–Kier alpha value is -2.08. The molecule has 1 aliphatic heterocycles. The molecule has 1 saturated heterocycles. The van der Waals surface area contributed by atoms with Gasteiger partial charge in [-0.05, 0) is 55.8 Å². The van der Waals surface area contributed by atoms with Gasteiger partial charge in [0.05, 0.1) is 6.54 Å². The summed E-state index contributed by atoms with van der Waals surface area (Å²) in [5.41, 5.74) is 8.95. The molecule has 2 rings (SSSR count). The van der Waals surface area contributed by atoms with E-state index in [0.717, 1.165) is 32.5 Å². The number of hydrogen-bond acceptors (Lipinski definition) is 3. The third-order valence-corrected chi connectivity index (χ3v) is 4.59. The molecule has 0 aliphatic carbocycles. The number of nitrogens with zero attached hydrogens (tertiary/aromatic N) is 1. The van der Waals surface area contributed by atoms with Crippen molar-refractivity contribution in [1.82, 2.24) is 15.5 Å². The van der Waals surface area contributed by atoms with Crippen LogP contribution in [0.3, 0.4) is 0 Å². The number of aryl methyl sites for hydroxylation is 2. The zero-order valence-electron chi connectivity index (χ0n) is 14.6. The molecule has 6 nitrogen and oxygen atoms in total. The third-order valence-electron chi connectivity index (χ3n) is 4.59. The molecule has 1 unspecified atom stereocenters. The molecule has 24 heavy (non-hydrogen) atoms. The van der Waals surface area contributed by atoms with Crippen LogP contribution in [0.4, 0.5) is 4.79 Å². The topological polar surface area (TPSA) is 87.5 Å². The van der Waals surface area contributed by atoms with E-state index < -0.39 is 6.03 Å². The fourth-order valence-corrected chi connectivity index (χ4v) is 3.11. The van der Waals surface area contributed by atoms with Gasteiger partial charge in [0, 0.05) is 19.6 Å². The first-order valence-electron chi connectivity index (χ1n) is 8.52. The van der Waals surface area contributed by atoms with Gasteiger partial charge in [0.1, 0.15) is 0 Å². The SMILES string of the molecule is Cc1ccc(CN2CCCC(CNC(=O)CNC(N)=O)C2)cc1C. The zero-order valence-corrected chi connectivity index (χ0v) is 14.6. The Morgan fingerprint density at radius 1 is 1.25 bits per heavy atom. The van der Waals surface area contributed by atoms with Crippen molar-refractivity contribution in [2.24, 2.45) is 11.7 Å². The number of urea groups is 1. The molecule has 1 aliphatic rings. The lowest BCUT2D eigenvalue weighted by molar-refractivity contribution is -0.120. The predicted octanol–water partition coefficient (Wildman–Crippen LogP) is 1.30. The van der Waals surface area contributed by atoms with E-state index in [0.29, 0.717) is 12.5 Å². The molecule has 1 heterocycles. The van der Waals surface area contributed by atoms with Crippen LogP contribution in [0.15, 0.2) is 18.2 Å². The highest BCUT2D eigenvalue weighted by atomic mass is 16.2. The number of likely N-dealkylation sites (tertiary alicyclic amines) is 1. The molecular formula is C18H28N4O2. The van der Waals surface area contributed by atoms with Crippen LogP contribution < -0.4 is 16.4 Å². The highest BCUT2D eigenvalue weighted by Gasteiger charge is 2.20. The van der Waals surface area contributed by atoms with Gasteiger partial charge in [-0.1, -0.05) is 18.2 Å². The Balaban J connectivity index is 1.77. The van der Waals surface area contributed by atoms with Crippen LogP contribution in [0.5, 0.6) is 0 Å². The molecule has 1 aromatic carbocycles. The van der Waals surface area contributed by atoms with Crippen LogP contribution in [0.2, 0.25) is 0 Å². The molecule has 0 aromatic heterocycles. The van der Waals surface area contributed by atoms with Crippen molar-refractivity contribution < 1.29 is 9.59 Å². The molecule has 0 spiro atoms. The van der Waals surface area contributed by atoms with Gasteiger partial charge in [0.25, 0.3) is 0 Å². The maximum atomic E-state index is 11.6. The number of carbonyl (C=O) groups excluding carboxylic acids is 2. The maximum absolute atomic E-state index is 11.6. The average molecular weight is 332 g/mol. The third kappa shape index (κ3) is 5.85. The van der Waals surface area contributed by atoms with Crippen molar-refractivity contribution in [2.75, 3.05) is 26.2 Å². The molecule has 0 bridgehead atoms. The van der Waals surface area contributed by atoms with E-state index in [1.54, 1.807) is 0 Å². The Kier molecular flexibility index (Phi) is 6.61. The maximum Gasteiger partial charge on any atom is 0.312 e. The zero-order chi connectivity index (χ0) is 17.5. The monoisotopic (exact) mass is 332 g/mol. The van der Waals surface area contributed by atoms with Gasteiger partial charge in [0.15, 0.2) is 0 Å². The van der Waals surface area contributed by atoms with E-state index in [-0.39, 0.29) is 12.5 Å². The highest BCUT2D eigenvalue weighted by Crippen LogP contribution is 2.19. The molecule has 3 amide bonds. The van der Waals surface area contributed by atoms with Crippen LogP contribution >= 0.6 is 0 Å². The molecule has 1 aromatic rings. The first-order chi connectivity index (χ1) is 11.4. The second kappa shape index (κ2) is 8.68. The van der Waals surface area contributed by atoms with Gasteiger partial charge in [-0.2, -0.15) is 0 Å². The molecule has 6 heteroatoms. The van der Waals surface area contributed by atoms with Gasteiger partial charge in [-0.25, -0.2) is 4.79 Å². The smallest absolute Gasteiger partial charge is 0.312 e. The summed E-state index contributed by atoms with van der Waals surface area (Å²) in [5, 5.41) is 5.17. The number of amides is 3. The largest absolute Gasteiger partial charge is 0.354 e. The average Bonchev–Trinajstić information content (AvgIpc) is 2.55. The number of carbonyl (C=O) groups is 2. The van der Waals surface area contributed by atoms with Gasteiger partial charge >= 0.3 is 6.03 Å². The normalized spacial score (nSPS) is 18.2. The first-order valence-corrected chi connectivity index (χ1v) is 8.52. The van der Waals surface area contributed by atoms with Gasteiger partial charge in [-0.15, -0.1) is 0 Å². The molecule has 0 saturated carbocycles. The summed E-state index contributed by atoms with van der Waals surface area (Å²) in [5.74, 6) is 0.253. The van der Waals surface area contributed by atoms with Crippen molar-refractivity contribution >= 4 is 11.9 Å². The molecule has 0 radical (unpaired) electrons. The van der Waals surface area contributed by atoms with E-state index >= 15 is 0 Å². The number of hydrogen-bond donors (Lipinski definition) is 3. The summed E-state index contributed by atoms with van der Waals surface area (Å²) in [4.78, 5) is 24.7. The van der Waals surface area contributed by atoms with E-state index in [2.05, 4.69) is 47.6 Å². The van der Waals surface area contributed by atoms with E-state index in [4.69, 9.17) is 5.73 Å². The van der Waals surface area contributed by atoms with Gasteiger partial charge in [0.2, 0.25) is 5.91 Å². The summed E-state index contributed by atoms with van der Waals surface area (Å²) in [6.45, 7) is 7.89. The highest BCUT2D eigenvalue weighted by molar-refractivity contribution is 5.83. The molecular weight excluding hydrogens is 304 g/mol. The van der Waals surface area contributed by atoms with Crippen LogP contribution in [0.1, 0.15) is 29.5 Å². The van der Waals surface area contributed by atoms with E-state index in [1.807, 2.05) is 0 Å². The Bertz CT molecular complexity index is 588. The lowest BCUT2D eigenvalue weighted by atomic mass is 9.97. The summed E-state index contributed by atoms with van der Waals surface area (Å²) in [6.07, 6.45) is 2.26. The standard InChI is InChI=1S/C18H28N4O2/c1-13-5-6-15(8-14(13)2)11-22-7-3-4-16(12-22)9-20-17(23)10-21-18(19)24/h5-6,8,16H,3-4,7,9-12H2,1-2H3,(H,20,23)(H3,19,21,24). The van der Waals surface area contributed by atoms with Crippen molar-refractivity contribution in [3.63, 3.8) is 0 Å². The minimum atomic E-state index is -0.678. The summed E-state index contributed by atoms with van der Waals surface area (Å²) < 4.78 is 0. The minimum absolute atomic E-state index is 0.0611. The lowest BCUT2D eigenvalue weighted by Gasteiger charge is -2.33. The van der Waals surface area contributed by atoms with Gasteiger partial charge < -0.3 is 16.4 Å². The Labute approximate surface area is 143 Å². The van der Waals surface area contributed by atoms with Crippen molar-refractivity contribution in [3.05, 3.63) is 34.9 Å². The van der Waals surface area contributed by atoms with Crippen LogP contribution in [0.25, 0.3) is 0 Å². The van der Waals surface area contributed by atoms with E-state index in [9.17, 15) is 9.59 Å². The number of rotatable bonds is 6. The second-order valence-electron chi connectivity index (χ2n) is 6.68. The van der Waals surface area contributed by atoms with Crippen molar-refractivity contribution in [3.8, 4) is 0 Å². The minimum Gasteiger partial charge on any atom is -0.354 e. The number of benzene rings is 1. The van der Waals surface area contributed by atoms with Crippen LogP contribution in [-0.2, 0) is 11.3 Å². The fourth-order valence-electron chi connectivity index (χ4n) is 3.11. The number of primary amides is 1. The first kappa shape index (κ1) is 18.3. The molecule has 1 fully saturated rings. The number of piperidine rings is 1. The fraction of sp³-hybridized carbons (Fsp3) is 0.556. The van der Waals surface area contributed by atoms with Crippen LogP contribution in [-0.4, -0.2) is 43.0 Å². The molecule has 132 valence electrons. The van der Waals surface area contributed by atoms with Crippen molar-refractivity contribution in [1.29, 1.82) is 0 Å². The van der Waals surface area contributed by atoms with E-state index in [1.165, 1.54) is 16.7 Å². The lowest BCUT2D eigenvalue weighted by Crippen LogP contribution is -2.44. The summed E-state index contributed by atoms with van der Waals surface area (Å²) in [6, 6.07) is 5.96. The van der Waals surface area contributed by atoms with Crippen molar-refractivity contribution in [2.45, 2.75) is 33.2 Å². The number of nitrogens with one attached hydrogen (secondary N) is 2. The van der Waals surface area contributed by atoms with Crippen LogP contribution in [0, 0.1) is 19.8 Å². The molecule has 4 N–H and O–H groups in total. The predicted molar refractivity (Wildman–Crippen MR) is 94.5 cm³/mol. The Morgan fingerprint density at radius 2 is 2.04 bits per heavy atom. The number of nitrogens with two attached hydrogens (primary N) is 1. The van der Waals surface area contributed by atoms with Gasteiger partial charge in [-0.3, -0.25) is 9.69 Å². The second-order valence-corrected chi connectivity index (χ2v) is 6.68. The Morgan fingerprint density at radius 3 is 2.75 bits per heavy atom. The summed E-state index contributed by atoms with van der Waals surface area (Å²) >= 11 is 0. The molecule has 1 atom stereocenters.